The Morgan fingerprint density at radius 1 is 0.526 bits per heavy atom. The molecule has 0 saturated heterocycles. The summed E-state index contributed by atoms with van der Waals surface area (Å²) < 4.78 is 2.32. The van der Waals surface area contributed by atoms with Crippen LogP contribution in [-0.2, 0) is 0 Å². The van der Waals surface area contributed by atoms with Gasteiger partial charge in [-0.15, -0.1) is 10.9 Å². The van der Waals surface area contributed by atoms with E-state index >= 15 is 0 Å². The summed E-state index contributed by atoms with van der Waals surface area (Å²) in [7, 11) is 0. The molecular formula is C17H16BN. The maximum Gasteiger partial charge on any atom is 0.320 e. The van der Waals surface area contributed by atoms with Gasteiger partial charge in [-0.3, -0.25) is 0 Å². The summed E-state index contributed by atoms with van der Waals surface area (Å²) in [5.74, 6) is 0. The van der Waals surface area contributed by atoms with E-state index in [9.17, 15) is 0 Å². The van der Waals surface area contributed by atoms with Gasteiger partial charge in [-0.05, 0) is 12.1 Å². The summed E-state index contributed by atoms with van der Waals surface area (Å²) in [6.07, 6.45) is 4.31. The van der Waals surface area contributed by atoms with Gasteiger partial charge in [0.05, 0.1) is 0 Å². The van der Waals surface area contributed by atoms with E-state index in [0.717, 1.165) is 0 Å². The highest BCUT2D eigenvalue weighted by atomic mass is 14.8. The Labute approximate surface area is 114 Å². The molecule has 1 nitrogen and oxygen atoms in total. The van der Waals surface area contributed by atoms with E-state index < -0.39 is 6.85 Å². The second kappa shape index (κ2) is 5.53. The third-order valence-corrected chi connectivity index (χ3v) is 3.60. The largest absolute Gasteiger partial charge is 0.421 e. The first-order chi connectivity index (χ1) is 9.45. The average molecular weight is 245 g/mol. The van der Waals surface area contributed by atoms with Crippen LogP contribution in [0.25, 0.3) is 0 Å². The molecule has 3 aromatic rings. The van der Waals surface area contributed by atoms with Crippen molar-refractivity contribution in [1.82, 2.24) is 0 Å². The number of nitrogens with zero attached hydrogens (tertiary/aromatic N) is 1. The number of hydrogen-bond donors (Lipinski definition) is 0. The lowest BCUT2D eigenvalue weighted by Gasteiger charge is -2.20. The van der Waals surface area contributed by atoms with Crippen molar-refractivity contribution >= 4 is 17.8 Å². The molecule has 0 bridgehead atoms. The molecule has 0 N–H and O–H groups in total. The zero-order chi connectivity index (χ0) is 12.9. The lowest BCUT2D eigenvalue weighted by molar-refractivity contribution is -0.533. The molecule has 2 aromatic carbocycles. The van der Waals surface area contributed by atoms with Crippen molar-refractivity contribution in [1.29, 1.82) is 0 Å². The van der Waals surface area contributed by atoms with Crippen molar-refractivity contribution in [3.63, 3.8) is 0 Å². The summed E-state index contributed by atoms with van der Waals surface area (Å²) in [4.78, 5) is 0. The van der Waals surface area contributed by atoms with Gasteiger partial charge in [0.15, 0.2) is 0 Å². The summed E-state index contributed by atoms with van der Waals surface area (Å²) in [5.41, 5.74) is 2.76. The second-order valence-corrected chi connectivity index (χ2v) is 4.85. The van der Waals surface area contributed by atoms with Gasteiger partial charge in [-0.2, -0.15) is 0 Å². The van der Waals surface area contributed by atoms with Crippen molar-refractivity contribution in [3.05, 3.63) is 91.3 Å². The van der Waals surface area contributed by atoms with E-state index in [1.807, 2.05) is 0 Å². The molecule has 0 amide bonds. The van der Waals surface area contributed by atoms with Gasteiger partial charge < -0.3 is 4.48 Å². The van der Waals surface area contributed by atoms with Crippen LogP contribution >= 0.6 is 0 Å². The van der Waals surface area contributed by atoms with E-state index in [0.29, 0.717) is 0 Å². The molecule has 0 aliphatic carbocycles. The van der Waals surface area contributed by atoms with E-state index in [1.54, 1.807) is 0 Å². The number of pyridine rings is 1. The molecule has 92 valence electrons. The van der Waals surface area contributed by atoms with Crippen molar-refractivity contribution in [3.8, 4) is 0 Å². The highest BCUT2D eigenvalue weighted by molar-refractivity contribution is 6.78. The van der Waals surface area contributed by atoms with Crippen molar-refractivity contribution < 1.29 is 4.48 Å². The first-order valence-electron chi connectivity index (χ1n) is 6.69. The molecule has 3 rings (SSSR count). The van der Waals surface area contributed by atoms with Gasteiger partial charge in [-0.1, -0.05) is 66.7 Å². The maximum atomic E-state index is 2.32. The molecule has 0 aliphatic heterocycles. The standard InChI is InChI=1S/C17H16BN/c1-4-10-16(11-5-1)18(17-12-6-2-7-13-17)19-14-8-3-9-15-19/h1-15,18H. The van der Waals surface area contributed by atoms with Crippen LogP contribution in [0.15, 0.2) is 91.3 Å². The zero-order valence-electron chi connectivity index (χ0n) is 10.8. The minimum absolute atomic E-state index is 0.745. The molecule has 0 radical (unpaired) electrons. The minimum Gasteiger partial charge on any atom is -0.421 e. The normalized spacial score (nSPS) is 10.6. The molecule has 1 heterocycles. The molecule has 0 saturated carbocycles. The zero-order valence-corrected chi connectivity index (χ0v) is 10.8. The Bertz CT molecular complexity index is 529. The fourth-order valence-corrected chi connectivity index (χ4v) is 2.71. The second-order valence-electron chi connectivity index (χ2n) is 4.85. The Kier molecular flexibility index (Phi) is 3.41. The van der Waals surface area contributed by atoms with E-state index in [2.05, 4.69) is 95.7 Å². The van der Waals surface area contributed by atoms with E-state index in [1.165, 1.54) is 10.9 Å². The van der Waals surface area contributed by atoms with Crippen LogP contribution in [0.1, 0.15) is 0 Å². The van der Waals surface area contributed by atoms with Gasteiger partial charge in [-0.25, -0.2) is 0 Å². The average Bonchev–Trinajstić information content (AvgIpc) is 2.51. The summed E-state index contributed by atoms with van der Waals surface area (Å²) in [6.45, 7) is -0.745. The molecule has 0 unspecified atom stereocenters. The smallest absolute Gasteiger partial charge is 0.320 e. The van der Waals surface area contributed by atoms with E-state index in [4.69, 9.17) is 0 Å². The first kappa shape index (κ1) is 11.7. The summed E-state index contributed by atoms with van der Waals surface area (Å²) in [5, 5.41) is 0. The number of hydrogen-bond acceptors (Lipinski definition) is 0. The molecule has 2 heteroatoms. The van der Waals surface area contributed by atoms with Crippen molar-refractivity contribution in [2.75, 3.05) is 0 Å². The number of rotatable bonds is 3. The fraction of sp³-hybridized carbons (Fsp3) is 0. The quantitative estimate of drug-likeness (QED) is 0.613. The molecule has 0 spiro atoms. The van der Waals surface area contributed by atoms with Gasteiger partial charge in [0.1, 0.15) is 12.4 Å². The minimum atomic E-state index is -0.745. The van der Waals surface area contributed by atoms with Crippen LogP contribution in [-0.4, -0.2) is 6.85 Å². The monoisotopic (exact) mass is 245 g/mol. The van der Waals surface area contributed by atoms with Crippen molar-refractivity contribution in [2.45, 2.75) is 0 Å². The van der Waals surface area contributed by atoms with Crippen LogP contribution in [0, 0.1) is 0 Å². The Morgan fingerprint density at radius 3 is 1.42 bits per heavy atom. The fourth-order valence-electron chi connectivity index (χ4n) is 2.71. The summed E-state index contributed by atoms with van der Waals surface area (Å²) >= 11 is 0. The Hall–Kier alpha value is -2.35. The van der Waals surface area contributed by atoms with Crippen LogP contribution < -0.4 is 15.4 Å². The SMILES string of the molecule is c1ccc([BH-](c2ccccc2)[n+]2ccccc2)cc1. The van der Waals surface area contributed by atoms with Crippen molar-refractivity contribution in [2.24, 2.45) is 0 Å². The summed E-state index contributed by atoms with van der Waals surface area (Å²) in [6, 6.07) is 27.7. The molecule has 0 fully saturated rings. The van der Waals surface area contributed by atoms with Gasteiger partial charge >= 0.3 is 6.85 Å². The maximum absolute atomic E-state index is 2.32. The number of benzene rings is 2. The molecule has 19 heavy (non-hydrogen) atoms. The third kappa shape index (κ3) is 2.58. The lowest BCUT2D eigenvalue weighted by atomic mass is 9.50. The highest BCUT2D eigenvalue weighted by Gasteiger charge is 2.17. The lowest BCUT2D eigenvalue weighted by Crippen LogP contribution is -2.65. The topological polar surface area (TPSA) is 3.88 Å². The predicted octanol–water partition coefficient (Wildman–Crippen LogP) is 1.36. The Morgan fingerprint density at radius 2 is 0.947 bits per heavy atom. The van der Waals surface area contributed by atoms with Gasteiger partial charge in [0, 0.05) is 0 Å². The molecule has 0 aliphatic rings. The third-order valence-electron chi connectivity index (χ3n) is 3.60. The van der Waals surface area contributed by atoms with Gasteiger partial charge in [0.2, 0.25) is 0 Å². The van der Waals surface area contributed by atoms with Gasteiger partial charge in [0.25, 0.3) is 0 Å². The van der Waals surface area contributed by atoms with Crippen LogP contribution in [0.5, 0.6) is 0 Å². The first-order valence-corrected chi connectivity index (χ1v) is 6.69. The van der Waals surface area contributed by atoms with Crippen LogP contribution in [0.3, 0.4) is 0 Å². The molecule has 0 atom stereocenters. The number of aromatic nitrogens is 1. The van der Waals surface area contributed by atoms with E-state index in [-0.39, 0.29) is 0 Å². The molecular weight excluding hydrogens is 229 g/mol. The van der Waals surface area contributed by atoms with Crippen LogP contribution in [0.2, 0.25) is 0 Å². The Balaban J connectivity index is 2.12. The predicted molar refractivity (Wildman–Crippen MR) is 81.3 cm³/mol. The molecule has 1 aromatic heterocycles. The van der Waals surface area contributed by atoms with Crippen LogP contribution in [0.4, 0.5) is 0 Å². The highest BCUT2D eigenvalue weighted by Crippen LogP contribution is 1.91.